The van der Waals surface area contributed by atoms with Gasteiger partial charge >= 0.3 is 15.2 Å². The Hall–Kier alpha value is -0.680. The molecule has 4 N–H and O–H groups in total. The molecule has 20 heavy (non-hydrogen) atoms. The molecule has 0 aromatic heterocycles. The van der Waals surface area contributed by atoms with Crippen LogP contribution < -0.4 is 4.74 Å². The van der Waals surface area contributed by atoms with Crippen molar-refractivity contribution in [2.45, 2.75) is 31.8 Å². The van der Waals surface area contributed by atoms with E-state index in [0.29, 0.717) is 0 Å². The molecule has 0 unspecified atom stereocenters. The molecule has 0 atom stereocenters. The second-order valence-corrected chi connectivity index (χ2v) is 9.10. The van der Waals surface area contributed by atoms with E-state index in [1.807, 2.05) is 20.8 Å². The van der Waals surface area contributed by atoms with Crippen molar-refractivity contribution in [1.29, 1.82) is 0 Å². The maximum Gasteiger partial charge on any atom is 0.378 e. The SMILES string of the molecule is CC(C)(C)c1ccc(OC(P(=O)(O)O)P(=O)(O)O)cc1. The first-order chi connectivity index (χ1) is 8.82. The van der Waals surface area contributed by atoms with Crippen LogP contribution in [0.3, 0.4) is 0 Å². The third-order valence-corrected chi connectivity index (χ3v) is 5.70. The van der Waals surface area contributed by atoms with Crippen LogP contribution in [0.25, 0.3) is 0 Å². The first-order valence-corrected chi connectivity index (χ1v) is 9.06. The average molecular weight is 324 g/mol. The molecule has 0 saturated heterocycles. The van der Waals surface area contributed by atoms with Crippen LogP contribution in [0.1, 0.15) is 26.3 Å². The first kappa shape index (κ1) is 17.4. The Morgan fingerprint density at radius 2 is 1.35 bits per heavy atom. The van der Waals surface area contributed by atoms with E-state index in [9.17, 15) is 9.13 Å². The van der Waals surface area contributed by atoms with Gasteiger partial charge in [0.1, 0.15) is 5.75 Å². The summed E-state index contributed by atoms with van der Waals surface area (Å²) >= 11 is 0. The van der Waals surface area contributed by atoms with Crippen molar-refractivity contribution in [3.05, 3.63) is 29.8 Å². The van der Waals surface area contributed by atoms with Crippen molar-refractivity contribution in [3.8, 4) is 5.75 Å². The largest absolute Gasteiger partial charge is 0.465 e. The molecule has 0 radical (unpaired) electrons. The Morgan fingerprint density at radius 3 is 1.65 bits per heavy atom. The molecule has 1 aromatic rings. The third-order valence-electron chi connectivity index (χ3n) is 2.54. The van der Waals surface area contributed by atoms with E-state index in [2.05, 4.69) is 0 Å². The third kappa shape index (κ3) is 4.70. The maximum atomic E-state index is 11.1. The maximum absolute atomic E-state index is 11.1. The highest BCUT2D eigenvalue weighted by molar-refractivity contribution is 7.70. The van der Waals surface area contributed by atoms with Crippen LogP contribution in [0.2, 0.25) is 0 Å². The van der Waals surface area contributed by atoms with Crippen LogP contribution in [0.5, 0.6) is 5.75 Å². The lowest BCUT2D eigenvalue weighted by molar-refractivity contribution is 0.236. The van der Waals surface area contributed by atoms with Crippen molar-refractivity contribution in [2.24, 2.45) is 0 Å². The van der Waals surface area contributed by atoms with Crippen LogP contribution in [0.4, 0.5) is 0 Å². The summed E-state index contributed by atoms with van der Waals surface area (Å²) in [6.45, 7) is 5.95. The number of benzene rings is 1. The van der Waals surface area contributed by atoms with Gasteiger partial charge in [0.2, 0.25) is 0 Å². The second kappa shape index (κ2) is 5.60. The minimum Gasteiger partial charge on any atom is -0.465 e. The van der Waals surface area contributed by atoms with Crippen molar-refractivity contribution in [3.63, 3.8) is 0 Å². The monoisotopic (exact) mass is 324 g/mol. The highest BCUT2D eigenvalue weighted by Crippen LogP contribution is 2.60. The van der Waals surface area contributed by atoms with Gasteiger partial charge in [-0.25, -0.2) is 0 Å². The molecule has 0 aliphatic heterocycles. The minimum absolute atomic E-state index is 0.0188. The van der Waals surface area contributed by atoms with E-state index in [-0.39, 0.29) is 11.2 Å². The molecular formula is C11H18O7P2. The molecule has 0 aliphatic carbocycles. The molecule has 1 rings (SSSR count). The molecule has 0 spiro atoms. The highest BCUT2D eigenvalue weighted by atomic mass is 31.2. The van der Waals surface area contributed by atoms with Gasteiger partial charge in [-0.1, -0.05) is 32.9 Å². The molecule has 1 aromatic carbocycles. The molecule has 0 fully saturated rings. The standard InChI is InChI=1S/C11H18O7P2/c1-11(2,3)8-4-6-9(7-5-8)18-10(19(12,13)14)20(15,16)17/h4-7,10H,1-3H3,(H2,12,13,14)(H2,15,16,17). The van der Waals surface area contributed by atoms with Crippen molar-refractivity contribution < 1.29 is 33.4 Å². The van der Waals surface area contributed by atoms with Gasteiger partial charge < -0.3 is 24.3 Å². The van der Waals surface area contributed by atoms with Crippen LogP contribution in [-0.4, -0.2) is 25.2 Å². The van der Waals surface area contributed by atoms with Crippen molar-refractivity contribution in [1.82, 2.24) is 0 Å². The van der Waals surface area contributed by atoms with Gasteiger partial charge in [-0.05, 0) is 23.1 Å². The zero-order valence-corrected chi connectivity index (χ0v) is 13.1. The molecule has 0 saturated carbocycles. The quantitative estimate of drug-likeness (QED) is 0.624. The van der Waals surface area contributed by atoms with E-state index in [4.69, 9.17) is 24.3 Å². The summed E-state index contributed by atoms with van der Waals surface area (Å²) in [5.41, 5.74) is -1.66. The second-order valence-electron chi connectivity index (χ2n) is 5.40. The minimum atomic E-state index is -5.09. The van der Waals surface area contributed by atoms with Crippen LogP contribution in [0, 0.1) is 0 Å². The Morgan fingerprint density at radius 1 is 0.950 bits per heavy atom. The highest BCUT2D eigenvalue weighted by Gasteiger charge is 2.45. The van der Waals surface area contributed by atoms with Crippen LogP contribution in [-0.2, 0) is 14.5 Å². The topological polar surface area (TPSA) is 124 Å². The Kier molecular flexibility index (Phi) is 4.87. The van der Waals surface area contributed by atoms with E-state index in [0.717, 1.165) is 5.56 Å². The van der Waals surface area contributed by atoms with E-state index in [1.54, 1.807) is 12.1 Å². The van der Waals surface area contributed by atoms with Gasteiger partial charge in [-0.2, -0.15) is 0 Å². The van der Waals surface area contributed by atoms with Gasteiger partial charge in [-0.3, -0.25) is 9.13 Å². The molecular weight excluding hydrogens is 306 g/mol. The number of hydrogen-bond acceptors (Lipinski definition) is 3. The number of hydrogen-bond donors (Lipinski definition) is 4. The summed E-state index contributed by atoms with van der Waals surface area (Å²) in [6, 6.07) is 6.18. The lowest BCUT2D eigenvalue weighted by Gasteiger charge is -2.22. The van der Waals surface area contributed by atoms with Crippen molar-refractivity contribution >= 4 is 15.2 Å². The van der Waals surface area contributed by atoms with Gasteiger partial charge in [0.25, 0.3) is 5.59 Å². The summed E-state index contributed by atoms with van der Waals surface area (Å²) in [6.07, 6.45) is 0. The number of rotatable bonds is 4. The molecule has 0 heterocycles. The molecule has 0 amide bonds. The zero-order valence-electron chi connectivity index (χ0n) is 11.3. The van der Waals surface area contributed by atoms with E-state index in [1.165, 1.54) is 12.1 Å². The van der Waals surface area contributed by atoms with Gasteiger partial charge in [-0.15, -0.1) is 0 Å². The van der Waals surface area contributed by atoms with Crippen LogP contribution in [0.15, 0.2) is 24.3 Å². The summed E-state index contributed by atoms with van der Waals surface area (Å²) in [5.74, 6) is -0.0188. The molecule has 0 bridgehead atoms. The Bertz CT molecular complexity index is 527. The fraction of sp³-hybridized carbons (Fsp3) is 0.455. The Balaban J connectivity index is 3.03. The predicted octanol–water partition coefficient (Wildman–Crippen LogP) is 2.00. The fourth-order valence-electron chi connectivity index (χ4n) is 1.49. The Labute approximate surface area is 116 Å². The van der Waals surface area contributed by atoms with E-state index < -0.39 is 20.8 Å². The molecule has 7 nitrogen and oxygen atoms in total. The summed E-state index contributed by atoms with van der Waals surface area (Å²) < 4.78 is 27.0. The average Bonchev–Trinajstić information content (AvgIpc) is 2.22. The molecule has 114 valence electrons. The van der Waals surface area contributed by atoms with Crippen molar-refractivity contribution in [2.75, 3.05) is 0 Å². The predicted molar refractivity (Wildman–Crippen MR) is 73.6 cm³/mol. The first-order valence-electron chi connectivity index (χ1n) is 5.69. The van der Waals surface area contributed by atoms with Gasteiger partial charge in [0, 0.05) is 0 Å². The zero-order chi connectivity index (χ0) is 15.8. The van der Waals surface area contributed by atoms with Gasteiger partial charge in [0.15, 0.2) is 0 Å². The fourth-order valence-corrected chi connectivity index (χ4v) is 3.57. The summed E-state index contributed by atoms with van der Waals surface area (Å²) in [7, 11) is -10.2. The summed E-state index contributed by atoms with van der Waals surface area (Å²) in [4.78, 5) is 35.8. The summed E-state index contributed by atoms with van der Waals surface area (Å²) in [5, 5.41) is 0. The number of ether oxygens (including phenoxy) is 1. The molecule has 9 heteroatoms. The van der Waals surface area contributed by atoms with Gasteiger partial charge in [0.05, 0.1) is 0 Å². The lowest BCUT2D eigenvalue weighted by Crippen LogP contribution is -2.17. The van der Waals surface area contributed by atoms with E-state index >= 15 is 0 Å². The molecule has 0 aliphatic rings. The van der Waals surface area contributed by atoms with Crippen LogP contribution >= 0.6 is 15.2 Å². The normalized spacial score (nSPS) is 13.6. The lowest BCUT2D eigenvalue weighted by atomic mass is 9.87. The smallest absolute Gasteiger partial charge is 0.378 e.